The van der Waals surface area contributed by atoms with Crippen molar-refractivity contribution < 1.29 is 13.9 Å². The molecule has 0 spiro atoms. The van der Waals surface area contributed by atoms with Gasteiger partial charge in [-0.2, -0.15) is 0 Å². The van der Waals surface area contributed by atoms with Crippen LogP contribution in [0.15, 0.2) is 33.5 Å². The topological polar surface area (TPSA) is 56.5 Å². The van der Waals surface area contributed by atoms with Crippen LogP contribution in [-0.4, -0.2) is 13.1 Å². The molecule has 0 aliphatic rings. The summed E-state index contributed by atoms with van der Waals surface area (Å²) in [6.07, 6.45) is 0. The van der Waals surface area contributed by atoms with Gasteiger partial charge in [-0.05, 0) is 18.2 Å². The number of esters is 1. The van der Waals surface area contributed by atoms with Crippen molar-refractivity contribution in [1.29, 1.82) is 0 Å². The maximum atomic E-state index is 11.5. The number of methoxy groups -OCH3 is 1. The molecule has 5 heteroatoms. The van der Waals surface area contributed by atoms with E-state index in [-0.39, 0.29) is 5.76 Å². The van der Waals surface area contributed by atoms with Gasteiger partial charge in [0.1, 0.15) is 0 Å². The molecule has 4 nitrogen and oxygen atoms in total. The molecular formula is C11H7ClO4. The molecule has 0 bridgehead atoms. The highest BCUT2D eigenvalue weighted by Gasteiger charge is 2.13. The van der Waals surface area contributed by atoms with E-state index < -0.39 is 11.6 Å². The Morgan fingerprint density at radius 1 is 1.38 bits per heavy atom. The summed E-state index contributed by atoms with van der Waals surface area (Å²) in [4.78, 5) is 22.8. The van der Waals surface area contributed by atoms with Gasteiger partial charge in [0.15, 0.2) is 0 Å². The molecule has 2 aromatic rings. The number of halogens is 1. The number of ether oxygens (including phenoxy) is 1. The molecule has 0 saturated carbocycles. The molecule has 0 radical (unpaired) electrons. The van der Waals surface area contributed by atoms with E-state index in [0.717, 1.165) is 0 Å². The van der Waals surface area contributed by atoms with Crippen LogP contribution in [0.2, 0.25) is 5.02 Å². The first-order valence-corrected chi connectivity index (χ1v) is 4.82. The summed E-state index contributed by atoms with van der Waals surface area (Å²) < 4.78 is 9.27. The minimum Gasteiger partial charge on any atom is -0.463 e. The molecule has 0 N–H and O–H groups in total. The first kappa shape index (κ1) is 10.7. The van der Waals surface area contributed by atoms with E-state index >= 15 is 0 Å². The lowest BCUT2D eigenvalue weighted by molar-refractivity contribution is 0.0560. The molecular weight excluding hydrogens is 232 g/mol. The average molecular weight is 239 g/mol. The quantitative estimate of drug-likeness (QED) is 0.715. The number of fused-ring (bicyclic) bond motifs is 1. The third-order valence-electron chi connectivity index (χ3n) is 2.14. The number of carbonyl (C=O) groups excluding carboxylic acids is 1. The minimum atomic E-state index is -0.709. The number of hydrogen-bond donors (Lipinski definition) is 0. The second-order valence-electron chi connectivity index (χ2n) is 3.09. The van der Waals surface area contributed by atoms with Gasteiger partial charge < -0.3 is 9.15 Å². The Labute approximate surface area is 95.4 Å². The van der Waals surface area contributed by atoms with Gasteiger partial charge in [0.2, 0.25) is 5.76 Å². The van der Waals surface area contributed by atoms with Crippen LogP contribution < -0.4 is 5.63 Å². The Kier molecular flexibility index (Phi) is 2.66. The maximum Gasteiger partial charge on any atom is 0.374 e. The van der Waals surface area contributed by atoms with Crippen LogP contribution in [-0.2, 0) is 4.74 Å². The van der Waals surface area contributed by atoms with E-state index in [2.05, 4.69) is 4.74 Å². The van der Waals surface area contributed by atoms with Gasteiger partial charge in [-0.15, -0.1) is 0 Å². The Balaban J connectivity index is 2.80. The highest BCUT2D eigenvalue weighted by Crippen LogP contribution is 2.21. The average Bonchev–Trinajstić information content (AvgIpc) is 2.29. The Hall–Kier alpha value is -1.81. The number of carbonyl (C=O) groups is 1. The molecule has 82 valence electrons. The van der Waals surface area contributed by atoms with E-state index in [0.29, 0.717) is 15.8 Å². The van der Waals surface area contributed by atoms with E-state index in [1.54, 1.807) is 18.2 Å². The van der Waals surface area contributed by atoms with E-state index in [1.165, 1.54) is 13.2 Å². The molecule has 0 aliphatic carbocycles. The summed E-state index contributed by atoms with van der Waals surface area (Å²) >= 11 is 5.92. The van der Waals surface area contributed by atoms with Crippen LogP contribution in [0.1, 0.15) is 10.6 Å². The van der Waals surface area contributed by atoms with Crippen molar-refractivity contribution in [2.75, 3.05) is 7.11 Å². The molecule has 0 saturated heterocycles. The van der Waals surface area contributed by atoms with Crippen LogP contribution in [0.4, 0.5) is 0 Å². The van der Waals surface area contributed by atoms with Crippen molar-refractivity contribution in [1.82, 2.24) is 0 Å². The second-order valence-corrected chi connectivity index (χ2v) is 3.50. The highest BCUT2D eigenvalue weighted by molar-refractivity contribution is 6.35. The van der Waals surface area contributed by atoms with Crippen LogP contribution in [0.3, 0.4) is 0 Å². The molecule has 0 atom stereocenters. The molecule has 0 amide bonds. The van der Waals surface area contributed by atoms with Gasteiger partial charge >= 0.3 is 11.6 Å². The Morgan fingerprint density at radius 3 is 2.81 bits per heavy atom. The van der Waals surface area contributed by atoms with Crippen molar-refractivity contribution >= 4 is 28.3 Å². The molecule has 0 fully saturated rings. The number of benzene rings is 1. The fraction of sp³-hybridized carbons (Fsp3) is 0.0909. The SMILES string of the molecule is COC(=O)c1cc2c(Cl)cccc2c(=O)o1. The third kappa shape index (κ3) is 1.67. The zero-order valence-electron chi connectivity index (χ0n) is 8.32. The first-order chi connectivity index (χ1) is 7.63. The summed E-state index contributed by atoms with van der Waals surface area (Å²) in [5, 5.41) is 1.19. The van der Waals surface area contributed by atoms with Gasteiger partial charge in [-0.3, -0.25) is 0 Å². The van der Waals surface area contributed by atoms with Crippen molar-refractivity contribution in [3.05, 3.63) is 45.5 Å². The van der Waals surface area contributed by atoms with Gasteiger partial charge in [0.25, 0.3) is 0 Å². The van der Waals surface area contributed by atoms with Crippen LogP contribution in [0, 0.1) is 0 Å². The first-order valence-electron chi connectivity index (χ1n) is 4.44. The van der Waals surface area contributed by atoms with Crippen LogP contribution in [0.5, 0.6) is 0 Å². The van der Waals surface area contributed by atoms with Gasteiger partial charge in [-0.1, -0.05) is 17.7 Å². The fourth-order valence-electron chi connectivity index (χ4n) is 1.38. The molecule has 0 aliphatic heterocycles. The lowest BCUT2D eigenvalue weighted by Crippen LogP contribution is -2.08. The van der Waals surface area contributed by atoms with Crippen LogP contribution in [0.25, 0.3) is 10.8 Å². The summed E-state index contributed by atoms with van der Waals surface area (Å²) in [5.41, 5.74) is -0.611. The van der Waals surface area contributed by atoms with Gasteiger partial charge in [0, 0.05) is 10.4 Å². The summed E-state index contributed by atoms with van der Waals surface area (Å²) in [7, 11) is 1.21. The molecule has 1 heterocycles. The standard InChI is InChI=1S/C11H7ClO4/c1-15-11(14)9-5-7-6(10(13)16-9)3-2-4-8(7)12/h2-5H,1H3. The van der Waals surface area contributed by atoms with Crippen LogP contribution >= 0.6 is 11.6 Å². The van der Waals surface area contributed by atoms with E-state index in [4.69, 9.17) is 16.0 Å². The van der Waals surface area contributed by atoms with Crippen molar-refractivity contribution in [2.24, 2.45) is 0 Å². The van der Waals surface area contributed by atoms with E-state index in [1.807, 2.05) is 0 Å². The van der Waals surface area contributed by atoms with Crippen molar-refractivity contribution in [3.63, 3.8) is 0 Å². The Bertz CT molecular complexity index is 615. The zero-order valence-corrected chi connectivity index (χ0v) is 9.08. The highest BCUT2D eigenvalue weighted by atomic mass is 35.5. The lowest BCUT2D eigenvalue weighted by atomic mass is 10.1. The monoisotopic (exact) mass is 238 g/mol. The molecule has 0 unspecified atom stereocenters. The van der Waals surface area contributed by atoms with Crippen molar-refractivity contribution in [3.8, 4) is 0 Å². The van der Waals surface area contributed by atoms with Gasteiger partial charge in [-0.25, -0.2) is 9.59 Å². The van der Waals surface area contributed by atoms with E-state index in [9.17, 15) is 9.59 Å². The molecule has 16 heavy (non-hydrogen) atoms. The van der Waals surface area contributed by atoms with Crippen molar-refractivity contribution in [2.45, 2.75) is 0 Å². The number of rotatable bonds is 1. The predicted octanol–water partition coefficient (Wildman–Crippen LogP) is 2.23. The third-order valence-corrected chi connectivity index (χ3v) is 2.47. The van der Waals surface area contributed by atoms with Gasteiger partial charge in [0.05, 0.1) is 12.5 Å². The second kappa shape index (κ2) is 3.98. The molecule has 1 aromatic heterocycles. The predicted molar refractivity (Wildman–Crippen MR) is 58.8 cm³/mol. The normalized spacial score (nSPS) is 10.4. The lowest BCUT2D eigenvalue weighted by Gasteiger charge is -2.01. The Morgan fingerprint density at radius 2 is 2.12 bits per heavy atom. The smallest absolute Gasteiger partial charge is 0.374 e. The summed E-state index contributed by atoms with van der Waals surface area (Å²) in [6.45, 7) is 0. The minimum absolute atomic E-state index is 0.159. The summed E-state index contributed by atoms with van der Waals surface area (Å²) in [5.74, 6) is -0.869. The largest absolute Gasteiger partial charge is 0.463 e. The maximum absolute atomic E-state index is 11.5. The number of hydrogen-bond acceptors (Lipinski definition) is 4. The molecule has 2 rings (SSSR count). The molecule has 1 aromatic carbocycles. The zero-order chi connectivity index (χ0) is 11.7. The summed E-state index contributed by atoms with van der Waals surface area (Å²) in [6, 6.07) is 6.24. The fourth-order valence-corrected chi connectivity index (χ4v) is 1.61.